The van der Waals surface area contributed by atoms with Crippen LogP contribution in [0.1, 0.15) is 38.1 Å². The molecule has 1 amide bonds. The number of aromatic nitrogens is 1. The Morgan fingerprint density at radius 3 is 2.33 bits per heavy atom. The number of amides is 1. The highest BCUT2D eigenvalue weighted by Crippen LogP contribution is 2.31. The largest absolute Gasteiger partial charge is 0.598 e. The van der Waals surface area contributed by atoms with Crippen molar-refractivity contribution in [1.82, 2.24) is 9.71 Å². The minimum absolute atomic E-state index is 0.152. The summed E-state index contributed by atoms with van der Waals surface area (Å²) in [6, 6.07) is 13.0. The standard InChI is InChI=1S/C24H25F2N3O3S/c1-24(2,3)33(32)29-21(13-15-11-17(25)14-18(26)12-15)22-20(5-4-10-27-22)16-6-8-19(9-7-16)28-23(30)31/h4-12,14,21,28-29H,13H2,1-3H3,(H,30,31). The molecule has 33 heavy (non-hydrogen) atoms. The molecule has 3 aromatic rings. The van der Waals surface area contributed by atoms with E-state index in [-0.39, 0.29) is 6.42 Å². The average Bonchev–Trinajstić information content (AvgIpc) is 2.72. The van der Waals surface area contributed by atoms with E-state index < -0.39 is 39.9 Å². The molecule has 9 heteroatoms. The molecule has 0 aliphatic rings. The molecular formula is C24H25F2N3O3S. The van der Waals surface area contributed by atoms with Gasteiger partial charge < -0.3 is 9.66 Å². The third-order valence-corrected chi connectivity index (χ3v) is 6.39. The molecule has 0 saturated carbocycles. The van der Waals surface area contributed by atoms with Gasteiger partial charge in [0.15, 0.2) is 0 Å². The second-order valence-electron chi connectivity index (χ2n) is 8.48. The summed E-state index contributed by atoms with van der Waals surface area (Å²) < 4.78 is 43.1. The third-order valence-electron chi connectivity index (χ3n) is 4.78. The number of benzene rings is 2. The van der Waals surface area contributed by atoms with Crippen molar-refractivity contribution in [2.75, 3.05) is 5.32 Å². The van der Waals surface area contributed by atoms with Crippen LogP contribution in [-0.2, 0) is 17.8 Å². The fourth-order valence-corrected chi connectivity index (χ4v) is 4.07. The zero-order valence-corrected chi connectivity index (χ0v) is 19.2. The van der Waals surface area contributed by atoms with Crippen LogP contribution in [0.3, 0.4) is 0 Å². The maximum atomic E-state index is 13.8. The van der Waals surface area contributed by atoms with E-state index in [1.54, 1.807) is 36.5 Å². The lowest BCUT2D eigenvalue weighted by Gasteiger charge is -2.28. The zero-order chi connectivity index (χ0) is 24.2. The number of carbonyl (C=O) groups is 1. The molecule has 0 bridgehead atoms. The first-order valence-electron chi connectivity index (χ1n) is 10.2. The van der Waals surface area contributed by atoms with Crippen molar-refractivity contribution < 1.29 is 23.2 Å². The maximum Gasteiger partial charge on any atom is 0.409 e. The van der Waals surface area contributed by atoms with E-state index >= 15 is 0 Å². The number of anilines is 1. The van der Waals surface area contributed by atoms with Crippen molar-refractivity contribution in [3.63, 3.8) is 0 Å². The summed E-state index contributed by atoms with van der Waals surface area (Å²) in [6.07, 6.45) is 0.584. The van der Waals surface area contributed by atoms with Gasteiger partial charge in [0.2, 0.25) is 0 Å². The van der Waals surface area contributed by atoms with Crippen LogP contribution in [0.25, 0.3) is 11.1 Å². The molecule has 2 aromatic carbocycles. The molecule has 0 saturated heterocycles. The number of pyridine rings is 1. The monoisotopic (exact) mass is 473 g/mol. The smallest absolute Gasteiger partial charge is 0.409 e. The van der Waals surface area contributed by atoms with E-state index in [1.165, 1.54) is 12.1 Å². The molecule has 174 valence electrons. The summed E-state index contributed by atoms with van der Waals surface area (Å²) in [5.41, 5.74) is 2.84. The van der Waals surface area contributed by atoms with Crippen molar-refractivity contribution in [2.45, 2.75) is 38.0 Å². The topological polar surface area (TPSA) is 97.3 Å². The molecule has 0 aliphatic carbocycles. The first kappa shape index (κ1) is 24.6. The predicted octanol–water partition coefficient (Wildman–Crippen LogP) is 5.45. The molecule has 0 spiro atoms. The predicted molar refractivity (Wildman–Crippen MR) is 125 cm³/mol. The number of hydrogen-bond acceptors (Lipinski definition) is 4. The second kappa shape index (κ2) is 10.3. The van der Waals surface area contributed by atoms with E-state index in [0.717, 1.165) is 17.2 Å². The Morgan fingerprint density at radius 1 is 1.12 bits per heavy atom. The van der Waals surface area contributed by atoms with E-state index in [2.05, 4.69) is 15.0 Å². The van der Waals surface area contributed by atoms with Gasteiger partial charge in [-0.1, -0.05) is 18.2 Å². The SMILES string of the molecule is CC(C)(C)[S+]([O-])NC(Cc1cc(F)cc(F)c1)c1ncccc1-c1ccc(NC(=O)O)cc1. The minimum atomic E-state index is -1.48. The average molecular weight is 474 g/mol. The molecule has 0 fully saturated rings. The normalized spacial score (nSPS) is 13.4. The molecule has 1 heterocycles. The summed E-state index contributed by atoms with van der Waals surface area (Å²) in [7, 11) is 0. The van der Waals surface area contributed by atoms with E-state index in [0.29, 0.717) is 16.9 Å². The molecule has 6 nitrogen and oxygen atoms in total. The van der Waals surface area contributed by atoms with Crippen molar-refractivity contribution in [1.29, 1.82) is 0 Å². The van der Waals surface area contributed by atoms with Gasteiger partial charge in [-0.25, -0.2) is 13.6 Å². The Balaban J connectivity index is 2.02. The lowest BCUT2D eigenvalue weighted by atomic mass is 9.96. The molecule has 2 unspecified atom stereocenters. The first-order chi connectivity index (χ1) is 15.5. The molecule has 0 aliphatic heterocycles. The first-order valence-corrected chi connectivity index (χ1v) is 11.4. The highest BCUT2D eigenvalue weighted by atomic mass is 32.2. The van der Waals surface area contributed by atoms with Gasteiger partial charge in [-0.15, -0.1) is 4.72 Å². The van der Waals surface area contributed by atoms with Gasteiger partial charge in [-0.3, -0.25) is 10.3 Å². The van der Waals surface area contributed by atoms with Gasteiger partial charge in [-0.05, 0) is 68.7 Å². The van der Waals surface area contributed by atoms with Crippen LogP contribution in [-0.4, -0.2) is 25.5 Å². The number of rotatable bonds is 7. The maximum absolute atomic E-state index is 13.8. The van der Waals surface area contributed by atoms with Gasteiger partial charge in [0.05, 0.1) is 11.7 Å². The summed E-state index contributed by atoms with van der Waals surface area (Å²) in [4.78, 5) is 15.4. The quantitative estimate of drug-likeness (QED) is 0.396. The van der Waals surface area contributed by atoms with Crippen molar-refractivity contribution in [3.8, 4) is 11.1 Å². The second-order valence-corrected chi connectivity index (χ2v) is 10.5. The van der Waals surface area contributed by atoms with E-state index in [4.69, 9.17) is 5.11 Å². The molecule has 3 rings (SSSR count). The summed E-state index contributed by atoms with van der Waals surface area (Å²) >= 11 is -1.48. The van der Waals surface area contributed by atoms with Crippen molar-refractivity contribution in [3.05, 3.63) is 83.7 Å². The highest BCUT2D eigenvalue weighted by Gasteiger charge is 2.31. The zero-order valence-electron chi connectivity index (χ0n) is 18.4. The van der Waals surface area contributed by atoms with Gasteiger partial charge in [0, 0.05) is 34.9 Å². The molecule has 1 aromatic heterocycles. The summed E-state index contributed by atoms with van der Waals surface area (Å²) in [5.74, 6) is -1.38. The van der Waals surface area contributed by atoms with Crippen molar-refractivity contribution in [2.24, 2.45) is 0 Å². The van der Waals surface area contributed by atoms with Gasteiger partial charge >= 0.3 is 6.09 Å². The van der Waals surface area contributed by atoms with Gasteiger partial charge in [0.1, 0.15) is 16.4 Å². The summed E-state index contributed by atoms with van der Waals surface area (Å²) in [5, 5.41) is 11.2. The Morgan fingerprint density at radius 2 is 1.76 bits per heavy atom. The van der Waals surface area contributed by atoms with Crippen LogP contribution in [0.15, 0.2) is 60.8 Å². The Hall–Kier alpha value is -3.01. The third kappa shape index (κ3) is 6.74. The number of nitrogens with one attached hydrogen (secondary N) is 2. The highest BCUT2D eigenvalue weighted by molar-refractivity contribution is 7.90. The van der Waals surface area contributed by atoms with Crippen LogP contribution < -0.4 is 10.0 Å². The Bertz CT molecular complexity index is 1100. The van der Waals surface area contributed by atoms with Crippen LogP contribution in [0.4, 0.5) is 19.3 Å². The number of carboxylic acid groups (broad SMARTS) is 1. The van der Waals surface area contributed by atoms with Crippen molar-refractivity contribution >= 4 is 23.1 Å². The fraction of sp³-hybridized carbons (Fsp3) is 0.250. The van der Waals surface area contributed by atoms with Crippen LogP contribution in [0.5, 0.6) is 0 Å². The van der Waals surface area contributed by atoms with Gasteiger partial charge in [0.25, 0.3) is 0 Å². The van der Waals surface area contributed by atoms with E-state index in [1.807, 2.05) is 26.8 Å². The number of nitrogens with zero attached hydrogens (tertiary/aromatic N) is 1. The van der Waals surface area contributed by atoms with E-state index in [9.17, 15) is 18.1 Å². The number of halogens is 2. The van der Waals surface area contributed by atoms with Gasteiger partial charge in [-0.2, -0.15) is 0 Å². The molecule has 3 N–H and O–H groups in total. The molecule has 0 radical (unpaired) electrons. The molecule has 2 atom stereocenters. The van der Waals surface area contributed by atoms with Crippen LogP contribution >= 0.6 is 0 Å². The Labute approximate surface area is 194 Å². The number of hydrogen-bond donors (Lipinski definition) is 3. The van der Waals surface area contributed by atoms with Crippen LogP contribution in [0.2, 0.25) is 0 Å². The molecular weight excluding hydrogens is 448 g/mol. The lowest BCUT2D eigenvalue weighted by Crippen LogP contribution is -2.42. The minimum Gasteiger partial charge on any atom is -0.598 e. The van der Waals surface area contributed by atoms with Crippen LogP contribution in [0, 0.1) is 11.6 Å². The fourth-order valence-electron chi connectivity index (χ4n) is 3.26. The summed E-state index contributed by atoms with van der Waals surface area (Å²) in [6.45, 7) is 5.47. The Kier molecular flexibility index (Phi) is 7.68. The lowest BCUT2D eigenvalue weighted by molar-refractivity contribution is 0.209.